The first-order valence-electron chi connectivity index (χ1n) is 0.582. The molecule has 0 aliphatic heterocycles. The van der Waals surface area contributed by atoms with Crippen molar-refractivity contribution in [1.29, 1.82) is 0 Å². The number of halogens is 2. The van der Waals surface area contributed by atoms with E-state index in [0.717, 1.165) is 0 Å². The second-order valence-electron chi connectivity index (χ2n) is 0.226. The number of hydrogen-bond donors (Lipinski definition) is 0. The summed E-state index contributed by atoms with van der Waals surface area (Å²) in [5.74, 6) is 0. The number of carbonyl (C=O) groups is 1. The molecule has 0 aromatic heterocycles. The third-order valence-electron chi connectivity index (χ3n) is 0. The second kappa shape index (κ2) is 6.01. The molecule has 0 saturated carbocycles. The fourth-order valence-corrected chi connectivity index (χ4v) is 0. The zero-order chi connectivity index (χ0) is 3.58. The van der Waals surface area contributed by atoms with Crippen LogP contribution in [-0.4, -0.2) is 3.60 Å². The molecule has 0 spiro atoms. The normalized spacial score (nSPS) is 5.20. The van der Waals surface area contributed by atoms with Gasteiger partial charge in [0.25, 0.3) is 3.60 Å². The van der Waals surface area contributed by atoms with Crippen molar-refractivity contribution in [2.24, 2.45) is 0 Å². The molecule has 0 aliphatic carbocycles. The van der Waals surface area contributed by atoms with Gasteiger partial charge >= 0.3 is 0 Å². The van der Waals surface area contributed by atoms with Crippen LogP contribution in [0.15, 0.2) is 0 Å². The summed E-state index contributed by atoms with van der Waals surface area (Å²) in [6.45, 7) is 0. The Kier molecular flexibility index (Phi) is 12.1. The maximum absolute atomic E-state index is 9.28. The molecule has 1 nitrogen and oxygen atoms in total. The van der Waals surface area contributed by atoms with Crippen molar-refractivity contribution in [2.75, 3.05) is 0 Å². The van der Waals surface area contributed by atoms with E-state index >= 15 is 0 Å². The predicted octanol–water partition coefficient (Wildman–Crippen LogP) is 1.90. The van der Waals surface area contributed by atoms with Crippen molar-refractivity contribution in [3.63, 3.8) is 0 Å². The van der Waals surface area contributed by atoms with E-state index in [4.69, 9.17) is 0 Å². The Hall–Kier alpha value is 2.01. The first-order chi connectivity index (χ1) is 1.73. The molecule has 0 amide bonds. The molecular formula is CBr2CeO. The molecule has 0 aromatic rings. The van der Waals surface area contributed by atoms with E-state index in [0.29, 0.717) is 0 Å². The van der Waals surface area contributed by atoms with Crippen molar-refractivity contribution in [3.8, 4) is 0 Å². The molecule has 28 valence electrons. The topological polar surface area (TPSA) is 17.1 Å². The molecule has 0 heterocycles. The van der Waals surface area contributed by atoms with Crippen LogP contribution in [-0.2, 0) is 0 Å². The summed E-state index contributed by atoms with van der Waals surface area (Å²) in [4.78, 5) is 9.28. The van der Waals surface area contributed by atoms with Gasteiger partial charge < -0.3 is 0 Å². The Morgan fingerprint density at radius 1 is 1.40 bits per heavy atom. The molecule has 0 aliphatic rings. The smallest absolute Gasteiger partial charge is 0.262 e. The molecule has 5 heavy (non-hydrogen) atoms. The summed E-state index contributed by atoms with van der Waals surface area (Å²) < 4.78 is -0.208. The quantitative estimate of drug-likeness (QED) is 0.621. The molecule has 0 N–H and O–H groups in total. The van der Waals surface area contributed by atoms with Gasteiger partial charge in [0.1, 0.15) is 0 Å². The van der Waals surface area contributed by atoms with Crippen LogP contribution in [0.5, 0.6) is 0 Å². The molecule has 0 unspecified atom stereocenters. The molecule has 0 atom stereocenters. The number of rotatable bonds is 0. The number of hydrogen-bond acceptors (Lipinski definition) is 1. The minimum atomic E-state index is -0.208. The van der Waals surface area contributed by atoms with E-state index in [2.05, 4.69) is 31.9 Å². The fourth-order valence-electron chi connectivity index (χ4n) is 0. The van der Waals surface area contributed by atoms with Crippen LogP contribution < -0.4 is 0 Å². The van der Waals surface area contributed by atoms with E-state index in [1.54, 1.807) is 0 Å². The van der Waals surface area contributed by atoms with Crippen molar-refractivity contribution in [2.45, 2.75) is 0 Å². The van der Waals surface area contributed by atoms with Gasteiger partial charge in [-0.2, -0.15) is 0 Å². The van der Waals surface area contributed by atoms with Crippen molar-refractivity contribution >= 4 is 35.5 Å². The minimum Gasteiger partial charge on any atom is -0.273 e. The Morgan fingerprint density at radius 3 is 1.40 bits per heavy atom. The van der Waals surface area contributed by atoms with Crippen LogP contribution in [0.2, 0.25) is 0 Å². The average molecular weight is 328 g/mol. The van der Waals surface area contributed by atoms with Crippen LogP contribution in [0.4, 0.5) is 4.79 Å². The maximum Gasteiger partial charge on any atom is 0.262 e. The third kappa shape index (κ3) is 23.9. The maximum atomic E-state index is 9.28. The zero-order valence-corrected chi connectivity index (χ0v) is 8.48. The van der Waals surface area contributed by atoms with Crippen molar-refractivity contribution in [3.05, 3.63) is 0 Å². The van der Waals surface area contributed by atoms with Crippen LogP contribution in [0.1, 0.15) is 0 Å². The molecule has 0 radical (unpaired) electrons. The summed E-state index contributed by atoms with van der Waals surface area (Å²) in [5, 5.41) is 0. The van der Waals surface area contributed by atoms with E-state index < -0.39 is 0 Å². The summed E-state index contributed by atoms with van der Waals surface area (Å²) in [7, 11) is 0. The summed E-state index contributed by atoms with van der Waals surface area (Å²) in [5.41, 5.74) is 0. The molecule has 0 aromatic carbocycles. The van der Waals surface area contributed by atoms with Crippen LogP contribution in [0, 0.1) is 41.7 Å². The molecule has 0 saturated heterocycles. The van der Waals surface area contributed by atoms with Crippen molar-refractivity contribution < 1.29 is 46.5 Å². The van der Waals surface area contributed by atoms with E-state index in [9.17, 15) is 4.79 Å². The Labute approximate surface area is 80.5 Å². The van der Waals surface area contributed by atoms with Gasteiger partial charge in [-0.25, -0.2) is 0 Å². The van der Waals surface area contributed by atoms with Gasteiger partial charge in [0.2, 0.25) is 0 Å². The second-order valence-corrected chi connectivity index (χ2v) is 2.73. The van der Waals surface area contributed by atoms with Gasteiger partial charge in [-0.1, -0.05) is 0 Å². The van der Waals surface area contributed by atoms with Gasteiger partial charge in [-0.3, -0.25) is 4.79 Å². The molecule has 0 bridgehead atoms. The van der Waals surface area contributed by atoms with Gasteiger partial charge in [0.15, 0.2) is 0 Å². The first-order valence-corrected chi connectivity index (χ1v) is 2.17. The van der Waals surface area contributed by atoms with Crippen LogP contribution in [0.25, 0.3) is 0 Å². The van der Waals surface area contributed by atoms with Crippen LogP contribution in [0.3, 0.4) is 0 Å². The van der Waals surface area contributed by atoms with E-state index in [1.807, 2.05) is 0 Å². The van der Waals surface area contributed by atoms with Crippen LogP contribution >= 0.6 is 31.9 Å². The van der Waals surface area contributed by atoms with Crippen molar-refractivity contribution in [1.82, 2.24) is 0 Å². The number of carbonyl (C=O) groups excluding carboxylic acids is 1. The van der Waals surface area contributed by atoms with Gasteiger partial charge in [0.05, 0.1) is 0 Å². The van der Waals surface area contributed by atoms with Gasteiger partial charge in [-0.15, -0.1) is 0 Å². The van der Waals surface area contributed by atoms with E-state index in [-0.39, 0.29) is 45.3 Å². The summed E-state index contributed by atoms with van der Waals surface area (Å²) >= 11 is 5.10. The van der Waals surface area contributed by atoms with Gasteiger partial charge in [0, 0.05) is 73.6 Å². The minimum absolute atomic E-state index is 0. The Balaban J connectivity index is 0. The SMILES string of the molecule is O=C(Br)Br.[Ce]. The first kappa shape index (κ1) is 10.1. The molecule has 4 heteroatoms. The molecule has 0 rings (SSSR count). The van der Waals surface area contributed by atoms with E-state index in [1.165, 1.54) is 0 Å². The standard InChI is InChI=1S/CBr2O.Ce/c2-1(3)4;. The fraction of sp³-hybridized carbons (Fsp3) is 0. The molecular weight excluding hydrogens is 328 g/mol. The van der Waals surface area contributed by atoms with Gasteiger partial charge in [-0.05, 0) is 0 Å². The average Bonchev–Trinajstić information content (AvgIpc) is 0.811. The summed E-state index contributed by atoms with van der Waals surface area (Å²) in [6, 6.07) is 0. The Morgan fingerprint density at radius 2 is 1.40 bits per heavy atom. The Bertz CT molecular complexity index is 32.6. The monoisotopic (exact) mass is 326 g/mol. The predicted molar refractivity (Wildman–Crippen MR) is 23.2 cm³/mol. The zero-order valence-electron chi connectivity index (χ0n) is 2.16. The molecule has 0 fully saturated rings. The third-order valence-corrected chi connectivity index (χ3v) is 0. The summed E-state index contributed by atoms with van der Waals surface area (Å²) in [6.07, 6.45) is 0. The largest absolute Gasteiger partial charge is 0.273 e.